The molecule has 84 valence electrons. The van der Waals surface area contributed by atoms with Crippen LogP contribution in [0.2, 0.25) is 0 Å². The number of nitrogens with one attached hydrogen (secondary N) is 1. The molecule has 1 fully saturated rings. The van der Waals surface area contributed by atoms with Gasteiger partial charge in [-0.05, 0) is 38.5 Å². The lowest BCUT2D eigenvalue weighted by molar-refractivity contribution is 0.361. The van der Waals surface area contributed by atoms with Crippen LogP contribution in [0.3, 0.4) is 0 Å². The summed E-state index contributed by atoms with van der Waals surface area (Å²) in [5.41, 5.74) is 0. The minimum atomic E-state index is -3.02. The van der Waals surface area contributed by atoms with Crippen molar-refractivity contribution in [1.82, 2.24) is 4.72 Å². The first kappa shape index (κ1) is 12.3. The normalized spacial score (nSPS) is 29.0. The van der Waals surface area contributed by atoms with Gasteiger partial charge >= 0.3 is 0 Å². The summed E-state index contributed by atoms with van der Waals surface area (Å²) >= 11 is 5.96. The van der Waals surface area contributed by atoms with E-state index in [0.29, 0.717) is 17.8 Å². The lowest BCUT2D eigenvalue weighted by atomic mass is 9.89. The molecule has 1 aliphatic rings. The van der Waals surface area contributed by atoms with Crippen LogP contribution < -0.4 is 4.72 Å². The summed E-state index contributed by atoms with van der Waals surface area (Å²) in [6, 6.07) is 0. The second-order valence-corrected chi connectivity index (χ2v) is 6.58. The van der Waals surface area contributed by atoms with E-state index in [9.17, 15) is 8.42 Å². The average molecular weight is 240 g/mol. The van der Waals surface area contributed by atoms with Crippen LogP contribution in [0.15, 0.2) is 0 Å². The van der Waals surface area contributed by atoms with Crippen molar-refractivity contribution in [2.75, 3.05) is 12.3 Å². The van der Waals surface area contributed by atoms with Gasteiger partial charge in [0.25, 0.3) is 0 Å². The van der Waals surface area contributed by atoms with Gasteiger partial charge in [0.15, 0.2) is 0 Å². The highest BCUT2D eigenvalue weighted by Crippen LogP contribution is 2.26. The third kappa shape index (κ3) is 4.15. The zero-order valence-electron chi connectivity index (χ0n) is 8.50. The number of rotatable bonds is 4. The fraction of sp³-hybridized carbons (Fsp3) is 1.00. The lowest BCUT2D eigenvalue weighted by Crippen LogP contribution is -2.32. The summed E-state index contributed by atoms with van der Waals surface area (Å²) in [7, 11) is -3.02. The van der Waals surface area contributed by atoms with Gasteiger partial charge in [0, 0.05) is 11.9 Å². The molecule has 0 aromatic rings. The third-order valence-electron chi connectivity index (χ3n) is 2.75. The van der Waals surface area contributed by atoms with Gasteiger partial charge in [-0.3, -0.25) is 0 Å². The Morgan fingerprint density at radius 2 is 1.86 bits per heavy atom. The topological polar surface area (TPSA) is 46.2 Å². The van der Waals surface area contributed by atoms with Crippen molar-refractivity contribution in [3.8, 4) is 0 Å². The lowest BCUT2D eigenvalue weighted by Gasteiger charge is -2.24. The molecule has 0 unspecified atom stereocenters. The summed E-state index contributed by atoms with van der Waals surface area (Å²) in [4.78, 5) is 0. The van der Waals surface area contributed by atoms with Crippen molar-refractivity contribution in [2.24, 2.45) is 5.92 Å². The highest BCUT2D eigenvalue weighted by molar-refractivity contribution is 7.89. The van der Waals surface area contributed by atoms with Crippen LogP contribution in [0.1, 0.15) is 32.6 Å². The molecule has 3 nitrogen and oxygen atoms in total. The van der Waals surface area contributed by atoms with Gasteiger partial charge in [-0.25, -0.2) is 13.1 Å². The molecule has 0 bridgehead atoms. The van der Waals surface area contributed by atoms with Crippen molar-refractivity contribution in [1.29, 1.82) is 0 Å². The van der Waals surface area contributed by atoms with Gasteiger partial charge in [-0.15, -0.1) is 11.6 Å². The number of sulfonamides is 1. The molecule has 0 amide bonds. The molecule has 1 rings (SSSR count). The first-order valence-corrected chi connectivity index (χ1v) is 7.23. The smallest absolute Gasteiger partial charge is 0.211 e. The van der Waals surface area contributed by atoms with Gasteiger partial charge in [-0.1, -0.05) is 0 Å². The first-order chi connectivity index (χ1) is 6.53. The van der Waals surface area contributed by atoms with Crippen LogP contribution in [-0.2, 0) is 10.0 Å². The molecule has 0 aliphatic heterocycles. The molecule has 1 N–H and O–H groups in total. The highest BCUT2D eigenvalue weighted by Gasteiger charge is 2.20. The van der Waals surface area contributed by atoms with E-state index >= 15 is 0 Å². The molecule has 0 spiro atoms. The summed E-state index contributed by atoms with van der Waals surface area (Å²) in [6.07, 6.45) is 4.11. The number of alkyl halides is 1. The van der Waals surface area contributed by atoms with Crippen molar-refractivity contribution in [2.45, 2.75) is 38.0 Å². The maximum absolute atomic E-state index is 11.2. The Morgan fingerprint density at radius 1 is 1.29 bits per heavy atom. The zero-order chi connectivity index (χ0) is 10.6. The minimum absolute atomic E-state index is 0.165. The molecule has 0 aromatic carbocycles. The van der Waals surface area contributed by atoms with Gasteiger partial charge in [0.2, 0.25) is 10.0 Å². The van der Waals surface area contributed by atoms with E-state index in [-0.39, 0.29) is 5.75 Å². The molecule has 1 aliphatic carbocycles. The Labute approximate surface area is 91.3 Å². The van der Waals surface area contributed by atoms with Crippen LogP contribution in [0.4, 0.5) is 0 Å². The molecule has 0 aromatic heterocycles. The Kier molecular flexibility index (Phi) is 4.67. The molecule has 0 atom stereocenters. The Balaban J connectivity index is 2.26. The molecular formula is C9H18ClNO2S. The predicted molar refractivity (Wildman–Crippen MR) is 59.1 cm³/mol. The molecular weight excluding hydrogens is 222 g/mol. The van der Waals surface area contributed by atoms with Crippen LogP contribution in [0, 0.1) is 5.92 Å². The van der Waals surface area contributed by atoms with Crippen molar-refractivity contribution in [3.63, 3.8) is 0 Å². The standard InChI is InChI=1S/C9H18ClNO2S/c1-2-14(12,13)11-7-8-3-5-9(10)6-4-8/h8-9,11H,2-7H2,1H3. The van der Waals surface area contributed by atoms with Crippen molar-refractivity contribution in [3.05, 3.63) is 0 Å². The second kappa shape index (κ2) is 5.33. The van der Waals surface area contributed by atoms with Crippen LogP contribution in [-0.4, -0.2) is 26.1 Å². The van der Waals surface area contributed by atoms with Crippen molar-refractivity contribution < 1.29 is 8.42 Å². The summed E-state index contributed by atoms with van der Waals surface area (Å²) in [6.45, 7) is 2.23. The monoisotopic (exact) mass is 239 g/mol. The molecule has 0 radical (unpaired) electrons. The predicted octanol–water partition coefficient (Wildman–Crippen LogP) is 1.72. The maximum atomic E-state index is 11.2. The average Bonchev–Trinajstić information content (AvgIpc) is 2.17. The van der Waals surface area contributed by atoms with Gasteiger partial charge in [0.1, 0.15) is 0 Å². The van der Waals surface area contributed by atoms with E-state index < -0.39 is 10.0 Å². The summed E-state index contributed by atoms with van der Waals surface area (Å²) < 4.78 is 25.0. The van der Waals surface area contributed by atoms with Gasteiger partial charge in [-0.2, -0.15) is 0 Å². The van der Waals surface area contributed by atoms with Gasteiger partial charge < -0.3 is 0 Å². The van der Waals surface area contributed by atoms with Crippen LogP contribution >= 0.6 is 11.6 Å². The highest BCUT2D eigenvalue weighted by atomic mass is 35.5. The van der Waals surface area contributed by atoms with Crippen LogP contribution in [0.25, 0.3) is 0 Å². The molecule has 0 heterocycles. The van der Waals surface area contributed by atoms with Crippen molar-refractivity contribution >= 4 is 21.6 Å². The van der Waals surface area contributed by atoms with Crippen LogP contribution in [0.5, 0.6) is 0 Å². The SMILES string of the molecule is CCS(=O)(=O)NCC1CCC(Cl)CC1. The summed E-state index contributed by atoms with van der Waals surface area (Å²) in [5, 5.41) is 0.300. The van der Waals surface area contributed by atoms with E-state index in [1.54, 1.807) is 6.92 Å². The zero-order valence-corrected chi connectivity index (χ0v) is 10.1. The second-order valence-electron chi connectivity index (χ2n) is 3.87. The van der Waals surface area contributed by atoms with E-state index in [0.717, 1.165) is 25.7 Å². The first-order valence-electron chi connectivity index (χ1n) is 5.15. The maximum Gasteiger partial charge on any atom is 0.211 e. The number of halogens is 1. The summed E-state index contributed by atoms with van der Waals surface area (Å²) in [5.74, 6) is 0.643. The minimum Gasteiger partial charge on any atom is -0.215 e. The fourth-order valence-corrected chi connectivity index (χ4v) is 2.62. The largest absolute Gasteiger partial charge is 0.215 e. The van der Waals surface area contributed by atoms with Gasteiger partial charge in [0.05, 0.1) is 5.75 Å². The van der Waals surface area contributed by atoms with E-state index in [1.807, 2.05) is 0 Å². The van der Waals surface area contributed by atoms with E-state index in [4.69, 9.17) is 11.6 Å². The number of hydrogen-bond donors (Lipinski definition) is 1. The Bertz CT molecular complexity index is 258. The molecule has 14 heavy (non-hydrogen) atoms. The third-order valence-corrected chi connectivity index (χ3v) is 4.55. The Hall–Kier alpha value is 0.200. The molecule has 0 saturated heterocycles. The van der Waals surface area contributed by atoms with E-state index in [2.05, 4.69) is 4.72 Å². The molecule has 1 saturated carbocycles. The fourth-order valence-electron chi connectivity index (χ4n) is 1.67. The quantitative estimate of drug-likeness (QED) is 0.760. The number of hydrogen-bond acceptors (Lipinski definition) is 2. The molecule has 5 heteroatoms. The van der Waals surface area contributed by atoms with E-state index in [1.165, 1.54) is 0 Å². The Morgan fingerprint density at radius 3 is 2.36 bits per heavy atom.